The lowest BCUT2D eigenvalue weighted by molar-refractivity contribution is 0.0949. The van der Waals surface area contributed by atoms with Crippen molar-refractivity contribution in [3.8, 4) is 0 Å². The monoisotopic (exact) mass is 238 g/mol. The number of carboxylic acid groups (broad SMARTS) is 1. The average Bonchev–Trinajstić information content (AvgIpc) is 2.66. The number of carbonyl (C=O) groups excluding carboxylic acids is 1. The van der Waals surface area contributed by atoms with Gasteiger partial charge >= 0.3 is 6.09 Å². The number of rotatable bonds is 1. The SMILES string of the molecule is O=C(O)NC(=O)c1ccc(Cl)c2cc[nH]c12. The Morgan fingerprint density at radius 3 is 2.75 bits per heavy atom. The maximum Gasteiger partial charge on any atom is 0.411 e. The molecule has 0 saturated heterocycles. The molecule has 0 spiro atoms. The Kier molecular flexibility index (Phi) is 2.54. The van der Waals surface area contributed by atoms with Crippen molar-refractivity contribution < 1.29 is 14.7 Å². The van der Waals surface area contributed by atoms with E-state index in [0.29, 0.717) is 15.9 Å². The van der Waals surface area contributed by atoms with Gasteiger partial charge in [-0.1, -0.05) is 11.6 Å². The zero-order valence-electron chi connectivity index (χ0n) is 7.95. The molecule has 0 radical (unpaired) electrons. The summed E-state index contributed by atoms with van der Waals surface area (Å²) in [7, 11) is 0. The van der Waals surface area contributed by atoms with Gasteiger partial charge in [0.25, 0.3) is 5.91 Å². The van der Waals surface area contributed by atoms with E-state index in [0.717, 1.165) is 0 Å². The molecule has 0 aliphatic rings. The second-order valence-electron chi connectivity index (χ2n) is 3.12. The molecule has 3 N–H and O–H groups in total. The first-order valence-electron chi connectivity index (χ1n) is 4.39. The Hall–Kier alpha value is -2.01. The number of hydrogen-bond acceptors (Lipinski definition) is 2. The van der Waals surface area contributed by atoms with Gasteiger partial charge in [0.05, 0.1) is 11.1 Å². The van der Waals surface area contributed by atoms with Crippen molar-refractivity contribution in [1.82, 2.24) is 10.3 Å². The van der Waals surface area contributed by atoms with Gasteiger partial charge in [-0.15, -0.1) is 0 Å². The number of halogens is 1. The molecule has 0 bridgehead atoms. The summed E-state index contributed by atoms with van der Waals surface area (Å²) in [5.74, 6) is -0.684. The van der Waals surface area contributed by atoms with Crippen LogP contribution < -0.4 is 5.32 Å². The molecular formula is C10H7ClN2O3. The van der Waals surface area contributed by atoms with Gasteiger partial charge in [0.2, 0.25) is 0 Å². The lowest BCUT2D eigenvalue weighted by atomic mass is 10.1. The highest BCUT2D eigenvalue weighted by Gasteiger charge is 2.14. The smallest absolute Gasteiger partial charge is 0.411 e. The fourth-order valence-corrected chi connectivity index (χ4v) is 1.70. The lowest BCUT2D eigenvalue weighted by Gasteiger charge is -2.03. The minimum atomic E-state index is -1.39. The summed E-state index contributed by atoms with van der Waals surface area (Å²) >= 11 is 5.91. The van der Waals surface area contributed by atoms with Gasteiger partial charge in [-0.25, -0.2) is 4.79 Å². The van der Waals surface area contributed by atoms with Gasteiger partial charge in [0, 0.05) is 16.6 Å². The summed E-state index contributed by atoms with van der Waals surface area (Å²) in [5, 5.41) is 11.4. The Bertz CT molecular complexity index is 576. The number of aromatic nitrogens is 1. The van der Waals surface area contributed by atoms with Crippen molar-refractivity contribution in [3.63, 3.8) is 0 Å². The molecule has 2 aromatic rings. The maximum atomic E-state index is 11.5. The van der Waals surface area contributed by atoms with Crippen LogP contribution in [0.15, 0.2) is 24.4 Å². The molecule has 0 unspecified atom stereocenters. The van der Waals surface area contributed by atoms with Crippen LogP contribution in [0.3, 0.4) is 0 Å². The van der Waals surface area contributed by atoms with E-state index >= 15 is 0 Å². The normalized spacial score (nSPS) is 10.3. The van der Waals surface area contributed by atoms with Crippen LogP contribution in [-0.2, 0) is 0 Å². The molecule has 0 aliphatic heterocycles. The summed E-state index contributed by atoms with van der Waals surface area (Å²) < 4.78 is 0. The van der Waals surface area contributed by atoms with Crippen LogP contribution in [0.1, 0.15) is 10.4 Å². The predicted molar refractivity (Wildman–Crippen MR) is 58.8 cm³/mol. The van der Waals surface area contributed by atoms with Gasteiger partial charge in [-0.3, -0.25) is 10.1 Å². The number of fused-ring (bicyclic) bond motifs is 1. The predicted octanol–water partition coefficient (Wildman–Crippen LogP) is 2.23. The molecule has 0 aliphatic carbocycles. The van der Waals surface area contributed by atoms with E-state index in [1.54, 1.807) is 23.6 Å². The molecule has 16 heavy (non-hydrogen) atoms. The Labute approximate surface area is 95.0 Å². The van der Waals surface area contributed by atoms with E-state index in [9.17, 15) is 9.59 Å². The fourth-order valence-electron chi connectivity index (χ4n) is 1.47. The van der Waals surface area contributed by atoms with Gasteiger partial charge in [0.15, 0.2) is 0 Å². The highest BCUT2D eigenvalue weighted by atomic mass is 35.5. The number of benzene rings is 1. The minimum Gasteiger partial charge on any atom is -0.465 e. The summed E-state index contributed by atoms with van der Waals surface area (Å²) in [4.78, 5) is 24.7. The molecule has 0 fully saturated rings. The summed E-state index contributed by atoms with van der Waals surface area (Å²) in [5.41, 5.74) is 0.762. The molecular weight excluding hydrogens is 232 g/mol. The Morgan fingerprint density at radius 1 is 1.31 bits per heavy atom. The van der Waals surface area contributed by atoms with Gasteiger partial charge in [-0.05, 0) is 18.2 Å². The van der Waals surface area contributed by atoms with Gasteiger partial charge < -0.3 is 10.1 Å². The van der Waals surface area contributed by atoms with Crippen molar-refractivity contribution in [1.29, 1.82) is 0 Å². The highest BCUT2D eigenvalue weighted by Crippen LogP contribution is 2.25. The van der Waals surface area contributed by atoms with Crippen LogP contribution in [0.5, 0.6) is 0 Å². The van der Waals surface area contributed by atoms with Crippen LogP contribution in [0.2, 0.25) is 5.02 Å². The van der Waals surface area contributed by atoms with Crippen molar-refractivity contribution >= 4 is 34.5 Å². The molecule has 2 amide bonds. The quantitative estimate of drug-likeness (QED) is 0.712. The Balaban J connectivity index is 2.53. The zero-order chi connectivity index (χ0) is 11.7. The van der Waals surface area contributed by atoms with Gasteiger partial charge in [-0.2, -0.15) is 0 Å². The molecule has 1 aromatic carbocycles. The molecule has 82 valence electrons. The molecule has 1 heterocycles. The van der Waals surface area contributed by atoms with E-state index < -0.39 is 12.0 Å². The topological polar surface area (TPSA) is 82.2 Å². The summed E-state index contributed by atoms with van der Waals surface area (Å²) in [6, 6.07) is 4.74. The van der Waals surface area contributed by atoms with Crippen LogP contribution in [-0.4, -0.2) is 22.1 Å². The number of carbonyl (C=O) groups is 2. The van der Waals surface area contributed by atoms with Gasteiger partial charge in [0.1, 0.15) is 0 Å². The molecule has 5 nitrogen and oxygen atoms in total. The highest BCUT2D eigenvalue weighted by molar-refractivity contribution is 6.36. The molecule has 1 aromatic heterocycles. The van der Waals surface area contributed by atoms with E-state index in [-0.39, 0.29) is 5.56 Å². The first-order chi connectivity index (χ1) is 7.59. The summed E-state index contributed by atoms with van der Waals surface area (Å²) in [6.07, 6.45) is 0.244. The minimum absolute atomic E-state index is 0.242. The Morgan fingerprint density at radius 2 is 2.06 bits per heavy atom. The number of H-pyrrole nitrogens is 1. The van der Waals surface area contributed by atoms with Crippen molar-refractivity contribution in [2.75, 3.05) is 0 Å². The zero-order valence-corrected chi connectivity index (χ0v) is 8.71. The average molecular weight is 239 g/mol. The third-order valence-corrected chi connectivity index (χ3v) is 2.46. The molecule has 0 atom stereocenters. The van der Waals surface area contributed by atoms with Crippen LogP contribution in [0, 0.1) is 0 Å². The maximum absolute atomic E-state index is 11.5. The number of amides is 2. The van der Waals surface area contributed by atoms with Crippen molar-refractivity contribution in [2.45, 2.75) is 0 Å². The first-order valence-corrected chi connectivity index (χ1v) is 4.77. The molecule has 6 heteroatoms. The summed E-state index contributed by atoms with van der Waals surface area (Å²) in [6.45, 7) is 0. The first kappa shape index (κ1) is 10.5. The lowest BCUT2D eigenvalue weighted by Crippen LogP contribution is -2.28. The van der Waals surface area contributed by atoms with E-state index in [4.69, 9.17) is 16.7 Å². The molecule has 0 saturated carbocycles. The fraction of sp³-hybridized carbons (Fsp3) is 0. The van der Waals surface area contributed by atoms with Crippen LogP contribution in [0.25, 0.3) is 10.9 Å². The number of hydrogen-bond donors (Lipinski definition) is 3. The van der Waals surface area contributed by atoms with E-state index in [2.05, 4.69) is 4.98 Å². The third-order valence-electron chi connectivity index (χ3n) is 2.14. The van der Waals surface area contributed by atoms with Crippen molar-refractivity contribution in [3.05, 3.63) is 35.0 Å². The standard InChI is InChI=1S/C10H7ClN2O3/c11-7-2-1-6(9(14)13-10(15)16)8-5(7)3-4-12-8/h1-4,12H,(H,13,14)(H,15,16). The molecule has 2 rings (SSSR count). The van der Waals surface area contributed by atoms with Crippen molar-refractivity contribution in [2.24, 2.45) is 0 Å². The van der Waals surface area contributed by atoms with E-state index in [1.165, 1.54) is 6.07 Å². The number of aromatic amines is 1. The second-order valence-corrected chi connectivity index (χ2v) is 3.53. The largest absolute Gasteiger partial charge is 0.465 e. The second kappa shape index (κ2) is 3.86. The van der Waals surface area contributed by atoms with Crippen LogP contribution >= 0.6 is 11.6 Å². The number of nitrogens with one attached hydrogen (secondary N) is 2. The van der Waals surface area contributed by atoms with E-state index in [1.807, 2.05) is 0 Å². The van der Waals surface area contributed by atoms with Crippen LogP contribution in [0.4, 0.5) is 4.79 Å². The third kappa shape index (κ3) is 1.72. The number of imide groups is 1.